The van der Waals surface area contributed by atoms with Gasteiger partial charge in [0.15, 0.2) is 9.84 Å². The number of carbonyl (C=O) groups is 1. The minimum absolute atomic E-state index is 0.0662. The fourth-order valence-corrected chi connectivity index (χ4v) is 4.87. The number of methoxy groups -OCH3 is 1. The van der Waals surface area contributed by atoms with Crippen LogP contribution in [0.4, 0.5) is 4.39 Å². The van der Waals surface area contributed by atoms with E-state index in [0.717, 1.165) is 0 Å². The maximum Gasteiger partial charge on any atom is 0.254 e. The van der Waals surface area contributed by atoms with Gasteiger partial charge in [-0.05, 0) is 18.6 Å². The van der Waals surface area contributed by atoms with Crippen LogP contribution in [0.5, 0.6) is 5.88 Å². The standard InChI is InChI=1S/C18H19FN2O4S/c1-25-17-12-13(6-8-20-17)18(22)21-9-7-16(26(23,24)11-10-21)14-4-2-3-5-15(14)19/h2-6,8,12,16H,7,9-11H2,1H3. The van der Waals surface area contributed by atoms with Gasteiger partial charge in [-0.1, -0.05) is 18.2 Å². The molecule has 0 bridgehead atoms. The van der Waals surface area contributed by atoms with E-state index in [1.54, 1.807) is 12.1 Å². The van der Waals surface area contributed by atoms with E-state index >= 15 is 0 Å². The third-order valence-electron chi connectivity index (χ3n) is 4.47. The van der Waals surface area contributed by atoms with Gasteiger partial charge in [0.05, 0.1) is 18.1 Å². The summed E-state index contributed by atoms with van der Waals surface area (Å²) >= 11 is 0. The van der Waals surface area contributed by atoms with Crippen LogP contribution in [0.2, 0.25) is 0 Å². The fourth-order valence-electron chi connectivity index (χ4n) is 3.07. The van der Waals surface area contributed by atoms with E-state index in [0.29, 0.717) is 11.4 Å². The Balaban J connectivity index is 1.84. The third kappa shape index (κ3) is 3.70. The molecule has 138 valence electrons. The van der Waals surface area contributed by atoms with Gasteiger partial charge >= 0.3 is 0 Å². The summed E-state index contributed by atoms with van der Waals surface area (Å²) in [5.41, 5.74) is 0.533. The predicted octanol–water partition coefficient (Wildman–Crippen LogP) is 2.23. The van der Waals surface area contributed by atoms with Crippen molar-refractivity contribution in [1.29, 1.82) is 0 Å². The Bertz CT molecular complexity index is 917. The molecular formula is C18H19FN2O4S. The molecule has 1 aliphatic rings. The Morgan fingerprint density at radius 2 is 2.04 bits per heavy atom. The van der Waals surface area contributed by atoms with E-state index < -0.39 is 20.9 Å². The topological polar surface area (TPSA) is 76.6 Å². The van der Waals surface area contributed by atoms with Crippen molar-refractivity contribution in [2.45, 2.75) is 11.7 Å². The normalized spacial score (nSPS) is 19.6. The van der Waals surface area contributed by atoms with Gasteiger partial charge in [-0.2, -0.15) is 0 Å². The van der Waals surface area contributed by atoms with E-state index in [1.165, 1.54) is 42.5 Å². The number of rotatable bonds is 3. The molecule has 0 saturated carbocycles. The first-order valence-electron chi connectivity index (χ1n) is 8.17. The van der Waals surface area contributed by atoms with Crippen LogP contribution in [0.3, 0.4) is 0 Å². The molecule has 3 rings (SSSR count). The number of hydrogen-bond acceptors (Lipinski definition) is 5. The smallest absolute Gasteiger partial charge is 0.254 e. The lowest BCUT2D eigenvalue weighted by molar-refractivity contribution is 0.0766. The number of benzene rings is 1. The van der Waals surface area contributed by atoms with Crippen LogP contribution >= 0.6 is 0 Å². The molecule has 1 saturated heterocycles. The monoisotopic (exact) mass is 378 g/mol. The van der Waals surface area contributed by atoms with Crippen LogP contribution in [-0.2, 0) is 9.84 Å². The molecule has 8 heteroatoms. The Morgan fingerprint density at radius 1 is 1.27 bits per heavy atom. The van der Waals surface area contributed by atoms with Gasteiger partial charge < -0.3 is 9.64 Å². The van der Waals surface area contributed by atoms with Gasteiger partial charge in [-0.15, -0.1) is 0 Å². The minimum Gasteiger partial charge on any atom is -0.481 e. The predicted molar refractivity (Wildman–Crippen MR) is 94.2 cm³/mol. The van der Waals surface area contributed by atoms with Crippen LogP contribution in [0.15, 0.2) is 42.6 Å². The highest BCUT2D eigenvalue weighted by Gasteiger charge is 2.34. The van der Waals surface area contributed by atoms with E-state index in [2.05, 4.69) is 4.98 Å². The van der Waals surface area contributed by atoms with Gasteiger partial charge in [-0.25, -0.2) is 17.8 Å². The summed E-state index contributed by atoms with van der Waals surface area (Å²) < 4.78 is 44.4. The number of nitrogens with zero attached hydrogens (tertiary/aromatic N) is 2. The lowest BCUT2D eigenvalue weighted by Crippen LogP contribution is -2.33. The van der Waals surface area contributed by atoms with Crippen molar-refractivity contribution in [3.8, 4) is 5.88 Å². The molecule has 1 atom stereocenters. The average Bonchev–Trinajstić information content (AvgIpc) is 2.80. The fraction of sp³-hybridized carbons (Fsp3) is 0.333. The van der Waals surface area contributed by atoms with Gasteiger partial charge in [0, 0.05) is 36.5 Å². The number of amides is 1. The van der Waals surface area contributed by atoms with Crippen molar-refractivity contribution < 1.29 is 22.3 Å². The molecule has 6 nitrogen and oxygen atoms in total. The number of carbonyl (C=O) groups excluding carboxylic acids is 1. The highest BCUT2D eigenvalue weighted by atomic mass is 32.2. The Hall–Kier alpha value is -2.48. The quantitative estimate of drug-likeness (QED) is 0.819. The summed E-state index contributed by atoms with van der Waals surface area (Å²) in [7, 11) is -2.12. The van der Waals surface area contributed by atoms with Gasteiger partial charge in [0.1, 0.15) is 5.82 Å². The zero-order chi connectivity index (χ0) is 18.7. The van der Waals surface area contributed by atoms with Crippen LogP contribution < -0.4 is 4.74 Å². The minimum atomic E-state index is -3.57. The first-order valence-corrected chi connectivity index (χ1v) is 9.89. The molecule has 0 radical (unpaired) electrons. The highest BCUT2D eigenvalue weighted by Crippen LogP contribution is 2.31. The first kappa shape index (κ1) is 18.3. The van der Waals surface area contributed by atoms with Crippen molar-refractivity contribution in [2.75, 3.05) is 26.0 Å². The maximum atomic E-state index is 14.1. The summed E-state index contributed by atoms with van der Waals surface area (Å²) in [4.78, 5) is 18.2. The number of pyridine rings is 1. The molecular weight excluding hydrogens is 359 g/mol. The molecule has 2 heterocycles. The van der Waals surface area contributed by atoms with E-state index in [-0.39, 0.29) is 36.7 Å². The Morgan fingerprint density at radius 3 is 2.77 bits per heavy atom. The summed E-state index contributed by atoms with van der Waals surface area (Å²) in [5.74, 6) is -0.739. The molecule has 0 spiro atoms. The lowest BCUT2D eigenvalue weighted by atomic mass is 10.1. The summed E-state index contributed by atoms with van der Waals surface area (Å²) in [6, 6.07) is 8.94. The molecule has 26 heavy (non-hydrogen) atoms. The Kier molecular flexibility index (Phi) is 5.22. The Labute approximate surface area is 151 Å². The largest absolute Gasteiger partial charge is 0.481 e. The van der Waals surface area contributed by atoms with E-state index in [4.69, 9.17) is 4.74 Å². The van der Waals surface area contributed by atoms with Crippen molar-refractivity contribution in [3.05, 3.63) is 59.5 Å². The number of sulfone groups is 1. The van der Waals surface area contributed by atoms with Crippen LogP contribution in [0.25, 0.3) is 0 Å². The van der Waals surface area contributed by atoms with Crippen LogP contribution in [-0.4, -0.2) is 50.2 Å². The zero-order valence-electron chi connectivity index (χ0n) is 14.3. The van der Waals surface area contributed by atoms with Crippen molar-refractivity contribution in [2.24, 2.45) is 0 Å². The average molecular weight is 378 g/mol. The second-order valence-corrected chi connectivity index (χ2v) is 8.35. The van der Waals surface area contributed by atoms with E-state index in [9.17, 15) is 17.6 Å². The van der Waals surface area contributed by atoms with Crippen LogP contribution in [0, 0.1) is 5.82 Å². The van der Waals surface area contributed by atoms with Crippen molar-refractivity contribution >= 4 is 15.7 Å². The van der Waals surface area contributed by atoms with Crippen molar-refractivity contribution in [3.63, 3.8) is 0 Å². The molecule has 1 aliphatic heterocycles. The third-order valence-corrected chi connectivity index (χ3v) is 6.58. The lowest BCUT2D eigenvalue weighted by Gasteiger charge is -2.20. The number of hydrogen-bond donors (Lipinski definition) is 0. The van der Waals surface area contributed by atoms with Crippen LogP contribution in [0.1, 0.15) is 27.6 Å². The second-order valence-electron chi connectivity index (χ2n) is 6.04. The molecule has 0 N–H and O–H groups in total. The molecule has 0 aliphatic carbocycles. The highest BCUT2D eigenvalue weighted by molar-refractivity contribution is 7.91. The molecule has 1 unspecified atom stereocenters. The summed E-state index contributed by atoms with van der Waals surface area (Å²) in [6.07, 6.45) is 1.61. The molecule has 1 aromatic carbocycles. The molecule has 2 aromatic rings. The van der Waals surface area contributed by atoms with Gasteiger partial charge in [-0.3, -0.25) is 4.79 Å². The summed E-state index contributed by atoms with van der Waals surface area (Å²) in [6.45, 7) is 0.290. The second kappa shape index (κ2) is 7.41. The maximum absolute atomic E-state index is 14.1. The number of ether oxygens (including phenoxy) is 1. The van der Waals surface area contributed by atoms with Crippen molar-refractivity contribution in [1.82, 2.24) is 9.88 Å². The van der Waals surface area contributed by atoms with Gasteiger partial charge in [0.25, 0.3) is 5.91 Å². The number of aromatic nitrogens is 1. The SMILES string of the molecule is COc1cc(C(=O)N2CCC(c3ccccc3F)S(=O)(=O)CC2)ccn1. The van der Waals surface area contributed by atoms with Gasteiger partial charge in [0.2, 0.25) is 5.88 Å². The molecule has 1 fully saturated rings. The zero-order valence-corrected chi connectivity index (χ0v) is 15.1. The molecule has 1 amide bonds. The number of halogens is 1. The van der Waals surface area contributed by atoms with E-state index in [1.807, 2.05) is 0 Å². The first-order chi connectivity index (χ1) is 12.4. The summed E-state index contributed by atoms with van der Waals surface area (Å²) in [5, 5.41) is -0.950. The molecule has 1 aromatic heterocycles.